The van der Waals surface area contributed by atoms with E-state index in [1.807, 2.05) is 22.1 Å². The molecule has 2 aliphatic rings. The maximum atomic E-state index is 13.8. The third kappa shape index (κ3) is 3.85. The van der Waals surface area contributed by atoms with Gasteiger partial charge >= 0.3 is 0 Å². The number of allylic oxidation sites excluding steroid dienone is 1. The number of hydrogen-bond donors (Lipinski definition) is 0. The van der Waals surface area contributed by atoms with Crippen molar-refractivity contribution in [2.24, 2.45) is 4.99 Å². The number of nitro benzene ring substituents is 1. The molecule has 5 aromatic rings. The van der Waals surface area contributed by atoms with Gasteiger partial charge in [-0.1, -0.05) is 53.8 Å². The molecule has 2 aromatic carbocycles. The van der Waals surface area contributed by atoms with Crippen LogP contribution in [0, 0.1) is 17.0 Å². The van der Waals surface area contributed by atoms with E-state index in [1.165, 1.54) is 28.5 Å². The van der Waals surface area contributed by atoms with Crippen LogP contribution in [0.25, 0.3) is 23.1 Å². The quantitative estimate of drug-likeness (QED) is 0.207. The van der Waals surface area contributed by atoms with E-state index in [0.717, 1.165) is 29.0 Å². The average Bonchev–Trinajstić information content (AvgIpc) is 3.70. The maximum Gasteiger partial charge on any atom is 0.273 e. The van der Waals surface area contributed by atoms with Crippen LogP contribution in [-0.4, -0.2) is 9.49 Å². The summed E-state index contributed by atoms with van der Waals surface area (Å²) >= 11 is 3.00. The summed E-state index contributed by atoms with van der Waals surface area (Å²) < 4.78 is 8.41. The van der Waals surface area contributed by atoms with Crippen molar-refractivity contribution in [1.29, 1.82) is 0 Å². The average molecular weight is 552 g/mol. The Morgan fingerprint density at radius 2 is 1.90 bits per heavy atom. The molecule has 0 fully saturated rings. The lowest BCUT2D eigenvalue weighted by Gasteiger charge is -2.30. The Hall–Kier alpha value is -4.34. The van der Waals surface area contributed by atoms with Gasteiger partial charge in [-0.2, -0.15) is 0 Å². The summed E-state index contributed by atoms with van der Waals surface area (Å²) in [5, 5.41) is 13.4. The van der Waals surface area contributed by atoms with Gasteiger partial charge in [0.25, 0.3) is 11.2 Å². The lowest BCUT2D eigenvalue weighted by molar-refractivity contribution is -0.385. The molecule has 1 aliphatic carbocycles. The van der Waals surface area contributed by atoms with E-state index in [4.69, 9.17) is 9.41 Å². The summed E-state index contributed by atoms with van der Waals surface area (Å²) in [7, 11) is 0. The Labute approximate surface area is 230 Å². The molecule has 1 atom stereocenters. The Bertz CT molecular complexity index is 1990. The molecule has 0 N–H and O–H groups in total. The molecule has 0 spiro atoms. The second-order valence-corrected chi connectivity index (χ2v) is 11.5. The Morgan fingerprint density at radius 3 is 2.72 bits per heavy atom. The number of aromatic nitrogens is 1. The van der Waals surface area contributed by atoms with Crippen molar-refractivity contribution in [2.45, 2.75) is 25.8 Å². The van der Waals surface area contributed by atoms with Gasteiger partial charge < -0.3 is 4.42 Å². The van der Waals surface area contributed by atoms with Crippen LogP contribution in [0.3, 0.4) is 0 Å². The number of thiazole rings is 1. The number of rotatable bonds is 4. The molecule has 0 saturated heterocycles. The van der Waals surface area contributed by atoms with Crippen LogP contribution in [-0.2, 0) is 6.42 Å². The molecule has 192 valence electrons. The first-order chi connectivity index (χ1) is 19.0. The molecule has 0 amide bonds. The number of hydrogen-bond acceptors (Lipinski definition) is 7. The number of nitro groups is 1. The first kappa shape index (κ1) is 23.8. The van der Waals surface area contributed by atoms with E-state index < -0.39 is 4.92 Å². The Kier molecular flexibility index (Phi) is 5.57. The summed E-state index contributed by atoms with van der Waals surface area (Å²) in [6, 6.07) is 20.8. The smallest absolute Gasteiger partial charge is 0.273 e. The summed E-state index contributed by atoms with van der Waals surface area (Å²) in [5.74, 6) is 1.02. The van der Waals surface area contributed by atoms with Crippen molar-refractivity contribution in [3.05, 3.63) is 135 Å². The van der Waals surface area contributed by atoms with Gasteiger partial charge in [-0.3, -0.25) is 19.5 Å². The number of fused-ring (bicyclic) bond motifs is 3. The van der Waals surface area contributed by atoms with Crippen LogP contribution in [0.5, 0.6) is 0 Å². The molecule has 4 heterocycles. The minimum absolute atomic E-state index is 0.0397. The van der Waals surface area contributed by atoms with Crippen LogP contribution in [0.2, 0.25) is 0 Å². The third-order valence-electron chi connectivity index (χ3n) is 7.35. The van der Waals surface area contributed by atoms with Crippen LogP contribution < -0.4 is 14.9 Å². The van der Waals surface area contributed by atoms with Gasteiger partial charge in [0.2, 0.25) is 0 Å². The van der Waals surface area contributed by atoms with Gasteiger partial charge in [-0.15, -0.1) is 11.3 Å². The molecular formula is C30H21N3O4S2. The fraction of sp³-hybridized carbons (Fsp3) is 0.133. The fourth-order valence-electron chi connectivity index (χ4n) is 5.51. The largest absolute Gasteiger partial charge is 0.457 e. The van der Waals surface area contributed by atoms with Crippen molar-refractivity contribution in [2.75, 3.05) is 0 Å². The second-order valence-electron chi connectivity index (χ2n) is 9.54. The van der Waals surface area contributed by atoms with Crippen molar-refractivity contribution < 1.29 is 9.34 Å². The van der Waals surface area contributed by atoms with Gasteiger partial charge in [0.1, 0.15) is 11.5 Å². The van der Waals surface area contributed by atoms with E-state index in [0.29, 0.717) is 32.0 Å². The zero-order valence-corrected chi connectivity index (χ0v) is 22.4. The van der Waals surface area contributed by atoms with Crippen LogP contribution in [0.15, 0.2) is 91.9 Å². The fourth-order valence-corrected chi connectivity index (χ4v) is 7.34. The van der Waals surface area contributed by atoms with Crippen LogP contribution >= 0.6 is 22.7 Å². The highest BCUT2D eigenvalue weighted by Crippen LogP contribution is 2.42. The summed E-state index contributed by atoms with van der Waals surface area (Å²) in [6.45, 7) is 1.71. The highest BCUT2D eigenvalue weighted by molar-refractivity contribution is 7.10. The van der Waals surface area contributed by atoms with Crippen molar-refractivity contribution in [1.82, 2.24) is 4.57 Å². The van der Waals surface area contributed by atoms with E-state index in [2.05, 4.69) is 24.3 Å². The molecule has 3 aromatic heterocycles. The Morgan fingerprint density at radius 1 is 1.05 bits per heavy atom. The molecule has 7 rings (SSSR count). The minimum atomic E-state index is -0.397. The summed E-state index contributed by atoms with van der Waals surface area (Å²) in [4.78, 5) is 31.6. The zero-order valence-electron chi connectivity index (χ0n) is 20.8. The molecular weight excluding hydrogens is 530 g/mol. The standard InChI is InChI=1S/C30H21N3O4S2/c1-17-20(8-4-9-23(17)33(35)36)24-14-12-19(37-24)16-26-29(34)32-28(25-10-5-15-38-25)22-13-11-18-6-2-3-7-21(18)27(22)31-30(32)39-26/h2-10,12,14-16,28H,11,13H2,1H3/b26-16-/t28-/m0/s1. The first-order valence-electron chi connectivity index (χ1n) is 12.5. The third-order valence-corrected chi connectivity index (χ3v) is 9.26. The van der Waals surface area contributed by atoms with Gasteiger partial charge in [0, 0.05) is 33.7 Å². The zero-order chi connectivity index (χ0) is 26.7. The number of nitrogens with zero attached hydrogens (tertiary/aromatic N) is 3. The highest BCUT2D eigenvalue weighted by Gasteiger charge is 2.33. The monoisotopic (exact) mass is 551 g/mol. The molecule has 1 aliphatic heterocycles. The molecule has 0 bridgehead atoms. The van der Waals surface area contributed by atoms with Crippen molar-refractivity contribution >= 4 is 40.1 Å². The number of furan rings is 1. The van der Waals surface area contributed by atoms with E-state index in [-0.39, 0.29) is 17.3 Å². The predicted octanol–water partition coefficient (Wildman–Crippen LogP) is 5.86. The van der Waals surface area contributed by atoms with Crippen LogP contribution in [0.1, 0.15) is 39.8 Å². The van der Waals surface area contributed by atoms with Gasteiger partial charge in [-0.05, 0) is 54.5 Å². The number of thiophene rings is 1. The summed E-state index contributed by atoms with van der Waals surface area (Å²) in [5.41, 5.74) is 5.69. The Balaban J connectivity index is 1.37. The van der Waals surface area contributed by atoms with Crippen LogP contribution in [0.4, 0.5) is 5.69 Å². The van der Waals surface area contributed by atoms with Gasteiger partial charge in [-0.25, -0.2) is 4.99 Å². The predicted molar refractivity (Wildman–Crippen MR) is 153 cm³/mol. The van der Waals surface area contributed by atoms with Gasteiger partial charge in [0.15, 0.2) is 4.80 Å². The lowest BCUT2D eigenvalue weighted by atomic mass is 9.85. The molecule has 39 heavy (non-hydrogen) atoms. The minimum Gasteiger partial charge on any atom is -0.457 e. The molecule has 0 radical (unpaired) electrons. The first-order valence-corrected chi connectivity index (χ1v) is 14.2. The van der Waals surface area contributed by atoms with E-state index in [1.54, 1.807) is 48.6 Å². The normalized spacial score (nSPS) is 16.4. The van der Waals surface area contributed by atoms with E-state index >= 15 is 0 Å². The SMILES string of the molecule is Cc1c(-c2ccc(/C=c3\sc4n(c3=O)[C@H](c3cccs3)C3=C(N=4)c4ccccc4CC3)o2)cccc1[N+](=O)[O-]. The highest BCUT2D eigenvalue weighted by atomic mass is 32.1. The molecule has 7 nitrogen and oxygen atoms in total. The molecule has 0 saturated carbocycles. The van der Waals surface area contributed by atoms with Crippen molar-refractivity contribution in [3.8, 4) is 11.3 Å². The topological polar surface area (TPSA) is 90.6 Å². The maximum absolute atomic E-state index is 13.8. The second kappa shape index (κ2) is 9.14. The molecule has 9 heteroatoms. The number of aryl methyl sites for hydroxylation is 1. The lowest BCUT2D eigenvalue weighted by Crippen LogP contribution is -2.38. The summed E-state index contributed by atoms with van der Waals surface area (Å²) in [6.07, 6.45) is 3.51. The number of benzene rings is 2. The van der Waals surface area contributed by atoms with Crippen molar-refractivity contribution in [3.63, 3.8) is 0 Å². The van der Waals surface area contributed by atoms with E-state index in [9.17, 15) is 14.9 Å². The van der Waals surface area contributed by atoms with Gasteiger partial charge in [0.05, 0.1) is 21.2 Å². The molecule has 0 unspecified atom stereocenters.